The van der Waals surface area contributed by atoms with E-state index in [9.17, 15) is 14.4 Å². The Morgan fingerprint density at radius 2 is 1.13 bits per heavy atom. The van der Waals surface area contributed by atoms with Gasteiger partial charge in [-0.3, -0.25) is 9.79 Å². The first kappa shape index (κ1) is 23.3. The van der Waals surface area contributed by atoms with Gasteiger partial charge in [-0.25, -0.2) is 4.57 Å². The molecule has 0 aliphatic heterocycles. The van der Waals surface area contributed by atoms with E-state index in [1.54, 1.807) is 12.1 Å². The molecule has 0 heterocycles. The molecule has 0 fully saturated rings. The zero-order valence-corrected chi connectivity index (χ0v) is 19.9. The average Bonchev–Trinajstić information content (AvgIpc) is 2.65. The van der Waals surface area contributed by atoms with E-state index < -0.39 is 7.82 Å². The Bertz CT molecular complexity index is 1100. The minimum Gasteiger partial charge on any atom is -0.404 e. The number of phosphoric acid groups is 1. The van der Waals surface area contributed by atoms with Crippen LogP contribution in [0.5, 0.6) is 5.75 Å². The van der Waals surface area contributed by atoms with Crippen molar-refractivity contribution in [1.29, 1.82) is 0 Å². The highest BCUT2D eigenvalue weighted by Gasteiger charge is 2.22. The van der Waals surface area contributed by atoms with E-state index in [0.717, 1.165) is 16.7 Å². The molecule has 3 aromatic rings. The minimum absolute atomic E-state index is 0.00602. The van der Waals surface area contributed by atoms with Crippen LogP contribution in [-0.2, 0) is 15.4 Å². The predicted octanol–water partition coefficient (Wildman–Crippen LogP) is 7.09. The summed E-state index contributed by atoms with van der Waals surface area (Å²) in [4.78, 5) is 18.9. The smallest absolute Gasteiger partial charge is 0.404 e. The summed E-state index contributed by atoms with van der Waals surface area (Å²) in [5.74, 6) is 0.161. The molecule has 0 bridgehead atoms. The highest BCUT2D eigenvalue weighted by Crippen LogP contribution is 2.46. The van der Waals surface area contributed by atoms with E-state index in [4.69, 9.17) is 4.52 Å². The molecule has 0 amide bonds. The van der Waals surface area contributed by atoms with Crippen LogP contribution in [0.4, 0.5) is 0 Å². The first-order chi connectivity index (χ1) is 14.3. The Morgan fingerprint density at radius 3 is 1.55 bits per heavy atom. The van der Waals surface area contributed by atoms with E-state index in [0.29, 0.717) is 5.56 Å². The van der Waals surface area contributed by atoms with Crippen LogP contribution in [0.3, 0.4) is 0 Å². The maximum Gasteiger partial charge on any atom is 0.524 e. The van der Waals surface area contributed by atoms with Gasteiger partial charge >= 0.3 is 7.82 Å². The Kier molecular flexibility index (Phi) is 6.21. The van der Waals surface area contributed by atoms with Crippen molar-refractivity contribution in [1.82, 2.24) is 0 Å². The fourth-order valence-electron chi connectivity index (χ4n) is 3.56. The second-order valence-corrected chi connectivity index (χ2v) is 11.1. The number of benzene rings is 3. The normalized spacial score (nSPS) is 12.6. The van der Waals surface area contributed by atoms with Gasteiger partial charge in [-0.15, -0.1) is 0 Å². The monoisotopic (exact) mass is 438 g/mol. The SMILES string of the molecule is CC(C)(C)c1ccc(-c2cccc(OP(=O)(O)O)c2-c2ccc(C(C)(C)C)cc2)cc1. The fraction of sp³-hybridized carbons (Fsp3) is 0.308. The third kappa shape index (κ3) is 5.65. The van der Waals surface area contributed by atoms with Crippen LogP contribution in [0.1, 0.15) is 52.7 Å². The summed E-state index contributed by atoms with van der Waals surface area (Å²) in [7, 11) is -4.71. The molecular formula is C26H31O4P. The van der Waals surface area contributed by atoms with E-state index >= 15 is 0 Å². The molecule has 0 saturated carbocycles. The van der Waals surface area contributed by atoms with Gasteiger partial charge in [0.15, 0.2) is 0 Å². The maximum atomic E-state index is 11.6. The van der Waals surface area contributed by atoms with Crippen molar-refractivity contribution in [2.45, 2.75) is 52.4 Å². The van der Waals surface area contributed by atoms with Crippen molar-refractivity contribution in [2.24, 2.45) is 0 Å². The first-order valence-corrected chi connectivity index (χ1v) is 11.9. The van der Waals surface area contributed by atoms with Gasteiger partial charge in [-0.05, 0) is 44.7 Å². The van der Waals surface area contributed by atoms with E-state index in [1.165, 1.54) is 11.1 Å². The van der Waals surface area contributed by atoms with Crippen molar-refractivity contribution in [3.8, 4) is 28.0 Å². The number of phosphoric ester groups is 1. The highest BCUT2D eigenvalue weighted by molar-refractivity contribution is 7.46. The van der Waals surface area contributed by atoms with E-state index in [2.05, 4.69) is 65.8 Å². The summed E-state index contributed by atoms with van der Waals surface area (Å²) in [6, 6.07) is 21.7. The molecule has 5 heteroatoms. The summed E-state index contributed by atoms with van der Waals surface area (Å²) in [5.41, 5.74) is 5.76. The summed E-state index contributed by atoms with van der Waals surface area (Å²) in [5, 5.41) is 0. The largest absolute Gasteiger partial charge is 0.524 e. The molecule has 0 aromatic heterocycles. The van der Waals surface area contributed by atoms with Crippen LogP contribution in [0, 0.1) is 0 Å². The fourth-order valence-corrected chi connectivity index (χ4v) is 3.97. The van der Waals surface area contributed by atoms with Crippen molar-refractivity contribution in [3.63, 3.8) is 0 Å². The van der Waals surface area contributed by atoms with Crippen molar-refractivity contribution < 1.29 is 18.9 Å². The second kappa shape index (κ2) is 8.27. The summed E-state index contributed by atoms with van der Waals surface area (Å²) < 4.78 is 16.7. The van der Waals surface area contributed by atoms with Gasteiger partial charge in [0, 0.05) is 5.56 Å². The van der Waals surface area contributed by atoms with Gasteiger partial charge in [0.05, 0.1) is 0 Å². The molecule has 0 spiro atoms. The van der Waals surface area contributed by atoms with Gasteiger partial charge in [-0.1, -0.05) is 102 Å². The molecule has 3 aromatic carbocycles. The molecule has 31 heavy (non-hydrogen) atoms. The Labute approximate surface area is 185 Å². The molecule has 2 N–H and O–H groups in total. The second-order valence-electron chi connectivity index (χ2n) is 9.92. The number of hydrogen-bond donors (Lipinski definition) is 2. The standard InChI is InChI=1S/C26H31O4P/c1-25(2,3)20-14-10-18(11-15-20)22-8-7-9-23(30-31(27,28)29)24(22)19-12-16-21(17-13-19)26(4,5)6/h7-17H,1-6H3,(H2,27,28,29). The van der Waals surface area contributed by atoms with Crippen molar-refractivity contribution in [2.75, 3.05) is 0 Å². The minimum atomic E-state index is -4.71. The van der Waals surface area contributed by atoms with Gasteiger partial charge in [0.25, 0.3) is 0 Å². The first-order valence-electron chi connectivity index (χ1n) is 10.4. The van der Waals surface area contributed by atoms with Crippen LogP contribution < -0.4 is 4.52 Å². The topological polar surface area (TPSA) is 66.8 Å². The van der Waals surface area contributed by atoms with Crippen LogP contribution in [0.25, 0.3) is 22.3 Å². The summed E-state index contributed by atoms with van der Waals surface area (Å²) in [6.07, 6.45) is 0. The lowest BCUT2D eigenvalue weighted by Crippen LogP contribution is -2.10. The molecule has 0 atom stereocenters. The van der Waals surface area contributed by atoms with Crippen LogP contribution >= 0.6 is 7.82 Å². The lowest BCUT2D eigenvalue weighted by molar-refractivity contribution is 0.283. The molecule has 0 aliphatic carbocycles. The van der Waals surface area contributed by atoms with Gasteiger partial charge in [0.1, 0.15) is 5.75 Å². The lowest BCUT2D eigenvalue weighted by atomic mass is 9.84. The highest BCUT2D eigenvalue weighted by atomic mass is 31.2. The predicted molar refractivity (Wildman–Crippen MR) is 127 cm³/mol. The molecule has 0 radical (unpaired) electrons. The van der Waals surface area contributed by atoms with Gasteiger partial charge < -0.3 is 4.52 Å². The van der Waals surface area contributed by atoms with Crippen molar-refractivity contribution >= 4 is 7.82 Å². The Morgan fingerprint density at radius 1 is 0.677 bits per heavy atom. The average molecular weight is 439 g/mol. The molecule has 0 aliphatic rings. The number of rotatable bonds is 4. The zero-order chi connectivity index (χ0) is 23.0. The van der Waals surface area contributed by atoms with Gasteiger partial charge in [-0.2, -0.15) is 0 Å². The molecule has 3 rings (SSSR count). The summed E-state index contributed by atoms with van der Waals surface area (Å²) >= 11 is 0. The third-order valence-corrected chi connectivity index (χ3v) is 5.78. The molecular weight excluding hydrogens is 407 g/mol. The van der Waals surface area contributed by atoms with Crippen LogP contribution in [-0.4, -0.2) is 9.79 Å². The van der Waals surface area contributed by atoms with E-state index in [-0.39, 0.29) is 16.6 Å². The zero-order valence-electron chi connectivity index (χ0n) is 19.0. The van der Waals surface area contributed by atoms with Gasteiger partial charge in [0.2, 0.25) is 0 Å². The molecule has 4 nitrogen and oxygen atoms in total. The quantitative estimate of drug-likeness (QED) is 0.427. The van der Waals surface area contributed by atoms with Crippen molar-refractivity contribution in [3.05, 3.63) is 77.9 Å². The Hall–Kier alpha value is -2.39. The summed E-state index contributed by atoms with van der Waals surface area (Å²) in [6.45, 7) is 12.9. The van der Waals surface area contributed by atoms with Crippen LogP contribution in [0.15, 0.2) is 66.7 Å². The number of hydrogen-bond acceptors (Lipinski definition) is 2. The molecule has 0 saturated heterocycles. The molecule has 0 unspecified atom stereocenters. The Balaban J connectivity index is 2.18. The van der Waals surface area contributed by atoms with E-state index in [1.807, 2.05) is 30.3 Å². The molecule has 164 valence electrons. The maximum absolute atomic E-state index is 11.6. The third-order valence-electron chi connectivity index (χ3n) is 5.35. The van der Waals surface area contributed by atoms with Crippen LogP contribution in [0.2, 0.25) is 0 Å². The lowest BCUT2D eigenvalue weighted by Gasteiger charge is -2.21.